The van der Waals surface area contributed by atoms with Crippen molar-refractivity contribution in [3.8, 4) is 5.75 Å². The number of hydrogen-bond acceptors (Lipinski definition) is 7. The smallest absolute Gasteiger partial charge is 0.337 e. The first kappa shape index (κ1) is 28.2. The van der Waals surface area contributed by atoms with Crippen molar-refractivity contribution in [2.45, 2.75) is 13.8 Å². The van der Waals surface area contributed by atoms with Crippen LogP contribution in [0.5, 0.6) is 5.75 Å². The lowest BCUT2D eigenvalue weighted by Gasteiger charge is -2.26. The molecule has 40 heavy (non-hydrogen) atoms. The highest BCUT2D eigenvalue weighted by Gasteiger charge is 2.36. The summed E-state index contributed by atoms with van der Waals surface area (Å²) in [5.41, 5.74) is 3.24. The largest absolute Gasteiger partial charge is 0.483 e. The second kappa shape index (κ2) is 12.0. The standard InChI is InChI=1S/C29H24BrN3O7/c1-16-4-5-17(2)23(12-16)31-25(34)15-40-24-11-6-18(14-22(24)30)13-21-26(35)32-29(38)33(27(21)36)20-9-7-19(8-10-20)28(37)39-3/h4-14H,15H2,1-3H3,(H,31,34)(H,32,35,38)/b21-13-. The number of nitrogens with one attached hydrogen (secondary N) is 2. The Labute approximate surface area is 238 Å². The zero-order chi connectivity index (χ0) is 29.0. The number of hydrogen-bond donors (Lipinski definition) is 2. The van der Waals surface area contributed by atoms with Crippen molar-refractivity contribution in [1.82, 2.24) is 5.32 Å². The van der Waals surface area contributed by atoms with Gasteiger partial charge in [0.25, 0.3) is 17.7 Å². The van der Waals surface area contributed by atoms with Gasteiger partial charge in [-0.2, -0.15) is 0 Å². The summed E-state index contributed by atoms with van der Waals surface area (Å²) in [5, 5.41) is 4.97. The maximum Gasteiger partial charge on any atom is 0.337 e. The zero-order valence-corrected chi connectivity index (χ0v) is 23.3. The first-order valence-corrected chi connectivity index (χ1v) is 12.8. The first-order valence-electron chi connectivity index (χ1n) is 12.0. The Morgan fingerprint density at radius 3 is 2.40 bits per heavy atom. The number of nitrogens with zero attached hydrogens (tertiary/aromatic N) is 1. The Balaban J connectivity index is 1.48. The summed E-state index contributed by atoms with van der Waals surface area (Å²) in [7, 11) is 1.24. The highest BCUT2D eigenvalue weighted by molar-refractivity contribution is 9.10. The van der Waals surface area contributed by atoms with E-state index >= 15 is 0 Å². The normalized spacial score (nSPS) is 14.2. The summed E-state index contributed by atoms with van der Waals surface area (Å²) in [6.45, 7) is 3.59. The fraction of sp³-hybridized carbons (Fsp3) is 0.138. The molecule has 0 unspecified atom stereocenters. The van der Waals surface area contributed by atoms with Crippen molar-refractivity contribution in [2.75, 3.05) is 23.9 Å². The third kappa shape index (κ3) is 6.26. The van der Waals surface area contributed by atoms with Gasteiger partial charge in [0, 0.05) is 5.69 Å². The monoisotopic (exact) mass is 605 g/mol. The van der Waals surface area contributed by atoms with Gasteiger partial charge in [-0.15, -0.1) is 0 Å². The minimum Gasteiger partial charge on any atom is -0.483 e. The predicted octanol–water partition coefficient (Wildman–Crippen LogP) is 4.54. The quantitative estimate of drug-likeness (QED) is 0.230. The molecule has 0 atom stereocenters. The molecule has 1 saturated heterocycles. The average Bonchev–Trinajstić information content (AvgIpc) is 2.92. The van der Waals surface area contributed by atoms with E-state index in [1.807, 2.05) is 32.0 Å². The van der Waals surface area contributed by atoms with Gasteiger partial charge < -0.3 is 14.8 Å². The Morgan fingerprint density at radius 1 is 1.00 bits per heavy atom. The molecular weight excluding hydrogens is 582 g/mol. The van der Waals surface area contributed by atoms with Crippen molar-refractivity contribution in [2.24, 2.45) is 0 Å². The van der Waals surface area contributed by atoms with Crippen LogP contribution in [0.25, 0.3) is 6.08 Å². The van der Waals surface area contributed by atoms with Crippen molar-refractivity contribution in [1.29, 1.82) is 0 Å². The van der Waals surface area contributed by atoms with E-state index in [1.165, 1.54) is 37.5 Å². The molecule has 3 aromatic rings. The highest BCUT2D eigenvalue weighted by Crippen LogP contribution is 2.28. The number of amides is 5. The molecule has 0 aliphatic carbocycles. The van der Waals surface area contributed by atoms with Gasteiger partial charge >= 0.3 is 12.0 Å². The third-order valence-corrected chi connectivity index (χ3v) is 6.56. The number of carbonyl (C=O) groups excluding carboxylic acids is 5. The Hall–Kier alpha value is -4.77. The molecule has 3 aromatic carbocycles. The molecule has 204 valence electrons. The molecule has 1 aliphatic heterocycles. The minimum atomic E-state index is -0.915. The summed E-state index contributed by atoms with van der Waals surface area (Å²) < 4.78 is 10.8. The van der Waals surface area contributed by atoms with Crippen LogP contribution in [0, 0.1) is 13.8 Å². The number of halogens is 1. The number of imide groups is 2. The second-order valence-electron chi connectivity index (χ2n) is 8.84. The average molecular weight is 606 g/mol. The molecule has 1 aliphatic rings. The number of esters is 1. The molecule has 10 nitrogen and oxygen atoms in total. The van der Waals surface area contributed by atoms with E-state index in [1.54, 1.807) is 18.2 Å². The summed E-state index contributed by atoms with van der Waals surface area (Å²) in [6, 6.07) is 15.2. The highest BCUT2D eigenvalue weighted by atomic mass is 79.9. The second-order valence-corrected chi connectivity index (χ2v) is 9.70. The molecule has 1 fully saturated rings. The molecule has 2 N–H and O–H groups in total. The summed E-state index contributed by atoms with van der Waals surface area (Å²) in [4.78, 5) is 63.0. The van der Waals surface area contributed by atoms with E-state index in [4.69, 9.17) is 4.74 Å². The SMILES string of the molecule is COC(=O)c1ccc(N2C(=O)NC(=O)/C(=C/c3ccc(OCC(=O)Nc4cc(C)ccc4C)c(Br)c3)C2=O)cc1. The fourth-order valence-electron chi connectivity index (χ4n) is 3.85. The van der Waals surface area contributed by atoms with E-state index in [0.29, 0.717) is 21.5 Å². The lowest BCUT2D eigenvalue weighted by molar-refractivity contribution is -0.122. The molecule has 0 saturated carbocycles. The van der Waals surface area contributed by atoms with Crippen molar-refractivity contribution >= 4 is 63.1 Å². The molecule has 1 heterocycles. The maximum atomic E-state index is 13.2. The number of anilines is 2. The Kier molecular flexibility index (Phi) is 8.44. The summed E-state index contributed by atoms with van der Waals surface area (Å²) in [5.74, 6) is -2.21. The lowest BCUT2D eigenvalue weighted by Crippen LogP contribution is -2.54. The van der Waals surface area contributed by atoms with E-state index in [9.17, 15) is 24.0 Å². The number of ether oxygens (including phenoxy) is 2. The van der Waals surface area contributed by atoms with Crippen LogP contribution in [0.3, 0.4) is 0 Å². The number of rotatable bonds is 7. The maximum absolute atomic E-state index is 13.2. The zero-order valence-electron chi connectivity index (χ0n) is 21.7. The lowest BCUT2D eigenvalue weighted by atomic mass is 10.1. The Bertz CT molecular complexity index is 1560. The van der Waals surface area contributed by atoms with Gasteiger partial charge in [-0.3, -0.25) is 19.7 Å². The van der Waals surface area contributed by atoms with Crippen LogP contribution in [0.1, 0.15) is 27.0 Å². The number of methoxy groups -OCH3 is 1. The summed E-state index contributed by atoms with van der Waals surface area (Å²) in [6.07, 6.45) is 1.34. The molecule has 0 spiro atoms. The predicted molar refractivity (Wildman–Crippen MR) is 151 cm³/mol. The van der Waals surface area contributed by atoms with Gasteiger partial charge in [0.1, 0.15) is 11.3 Å². The number of aryl methyl sites for hydroxylation is 2. The number of benzene rings is 3. The molecule has 0 radical (unpaired) electrons. The van der Waals surface area contributed by atoms with E-state index in [2.05, 4.69) is 31.3 Å². The van der Waals surface area contributed by atoms with Gasteiger partial charge in [-0.05, 0) is 95.0 Å². The molecule has 4 rings (SSSR count). The molecular formula is C29H24BrN3O7. The van der Waals surface area contributed by atoms with Crippen LogP contribution in [0.15, 0.2) is 70.7 Å². The topological polar surface area (TPSA) is 131 Å². The van der Waals surface area contributed by atoms with Crippen LogP contribution in [-0.2, 0) is 19.1 Å². The van der Waals surface area contributed by atoms with Crippen LogP contribution in [-0.4, -0.2) is 43.4 Å². The van der Waals surface area contributed by atoms with Gasteiger partial charge in [-0.1, -0.05) is 18.2 Å². The van der Waals surface area contributed by atoms with E-state index in [-0.39, 0.29) is 29.3 Å². The van der Waals surface area contributed by atoms with Gasteiger partial charge in [0.05, 0.1) is 22.8 Å². The summed E-state index contributed by atoms with van der Waals surface area (Å²) >= 11 is 3.39. The number of urea groups is 1. The van der Waals surface area contributed by atoms with Crippen LogP contribution in [0.2, 0.25) is 0 Å². The van der Waals surface area contributed by atoms with E-state index < -0.39 is 23.8 Å². The first-order chi connectivity index (χ1) is 19.1. The van der Waals surface area contributed by atoms with Crippen molar-refractivity contribution in [3.63, 3.8) is 0 Å². The third-order valence-electron chi connectivity index (χ3n) is 5.94. The number of barbiturate groups is 1. The number of carbonyl (C=O) groups is 5. The van der Waals surface area contributed by atoms with Crippen molar-refractivity contribution < 1.29 is 33.4 Å². The van der Waals surface area contributed by atoms with Crippen LogP contribution in [0.4, 0.5) is 16.2 Å². The van der Waals surface area contributed by atoms with E-state index in [0.717, 1.165) is 16.0 Å². The van der Waals surface area contributed by atoms with Crippen molar-refractivity contribution in [3.05, 3.63) is 93.0 Å². The van der Waals surface area contributed by atoms with Gasteiger partial charge in [0.2, 0.25) is 0 Å². The molecule has 0 bridgehead atoms. The molecule has 5 amide bonds. The molecule has 0 aromatic heterocycles. The van der Waals surface area contributed by atoms with Crippen LogP contribution >= 0.6 is 15.9 Å². The van der Waals surface area contributed by atoms with Gasteiger partial charge in [-0.25, -0.2) is 14.5 Å². The van der Waals surface area contributed by atoms with Gasteiger partial charge in [0.15, 0.2) is 6.61 Å². The fourth-order valence-corrected chi connectivity index (χ4v) is 4.36. The van der Waals surface area contributed by atoms with Crippen LogP contribution < -0.4 is 20.3 Å². The Morgan fingerprint density at radius 2 is 1.73 bits per heavy atom. The molecule has 11 heteroatoms. The minimum absolute atomic E-state index is 0.164.